The van der Waals surface area contributed by atoms with E-state index in [9.17, 15) is 0 Å². The van der Waals surface area contributed by atoms with Crippen LogP contribution in [0.1, 0.15) is 50.7 Å². The van der Waals surface area contributed by atoms with Crippen LogP contribution in [-0.4, -0.2) is 9.97 Å². The fraction of sp³-hybridized carbons (Fsp3) is 0.385. The van der Waals surface area contributed by atoms with E-state index >= 15 is 0 Å². The average Bonchev–Trinajstić information content (AvgIpc) is 2.30. The Bertz CT molecular complexity index is 327. The molecule has 82 valence electrons. The first kappa shape index (κ1) is 13.6. The minimum atomic E-state index is 0.394. The molecule has 0 aliphatic rings. The van der Waals surface area contributed by atoms with Crippen molar-refractivity contribution < 1.29 is 0 Å². The Labute approximate surface area is 92.8 Å². The molecule has 1 rings (SSSR count). The normalized spacial score (nSPS) is 9.13. The summed E-state index contributed by atoms with van der Waals surface area (Å²) in [6.07, 6.45) is 5.18. The van der Waals surface area contributed by atoms with Crippen LogP contribution in [0.2, 0.25) is 0 Å². The lowest BCUT2D eigenvalue weighted by Crippen LogP contribution is -1.99. The Morgan fingerprint density at radius 2 is 1.67 bits per heavy atom. The summed E-state index contributed by atoms with van der Waals surface area (Å²) in [5.41, 5.74) is 2.58. The van der Waals surface area contributed by atoms with Gasteiger partial charge in [-0.3, -0.25) is 4.98 Å². The van der Waals surface area contributed by atoms with Gasteiger partial charge >= 0.3 is 0 Å². The first-order valence-electron chi connectivity index (χ1n) is 5.30. The molecule has 0 saturated heterocycles. The van der Waals surface area contributed by atoms with E-state index in [-0.39, 0.29) is 0 Å². The Balaban J connectivity index is 0.000000921. The first-order chi connectivity index (χ1) is 7.19. The fourth-order valence-corrected chi connectivity index (χ4v) is 1.01. The number of rotatable bonds is 3. The first-order valence-corrected chi connectivity index (χ1v) is 5.30. The van der Waals surface area contributed by atoms with E-state index in [2.05, 4.69) is 37.0 Å². The second kappa shape index (κ2) is 6.93. The summed E-state index contributed by atoms with van der Waals surface area (Å²) in [4.78, 5) is 8.65. The number of hydrogen-bond acceptors (Lipinski definition) is 2. The van der Waals surface area contributed by atoms with E-state index in [0.29, 0.717) is 5.92 Å². The van der Waals surface area contributed by atoms with Crippen LogP contribution in [0.5, 0.6) is 0 Å². The minimum absolute atomic E-state index is 0.394. The number of nitrogens with zero attached hydrogens (tertiary/aromatic N) is 2. The van der Waals surface area contributed by atoms with Crippen LogP contribution in [0.25, 0.3) is 12.2 Å². The summed E-state index contributed by atoms with van der Waals surface area (Å²) in [6, 6.07) is 0. The molecule has 0 aliphatic carbocycles. The zero-order valence-corrected chi connectivity index (χ0v) is 10.1. The summed E-state index contributed by atoms with van der Waals surface area (Å²) in [6.45, 7) is 15.5. The van der Waals surface area contributed by atoms with Crippen LogP contribution >= 0.6 is 0 Å². The highest BCUT2D eigenvalue weighted by molar-refractivity contribution is 5.56. The highest BCUT2D eigenvalue weighted by atomic mass is 14.8. The number of aromatic nitrogens is 2. The lowest BCUT2D eigenvalue weighted by Gasteiger charge is -2.06. The Morgan fingerprint density at radius 3 is 2.07 bits per heavy atom. The summed E-state index contributed by atoms with van der Waals surface area (Å²) in [5.74, 6) is 0.394. The van der Waals surface area contributed by atoms with Crippen LogP contribution in [0.4, 0.5) is 0 Å². The largest absolute Gasteiger partial charge is 0.253 e. The van der Waals surface area contributed by atoms with Crippen molar-refractivity contribution in [2.75, 3.05) is 0 Å². The van der Waals surface area contributed by atoms with E-state index in [1.54, 1.807) is 18.3 Å². The maximum absolute atomic E-state index is 4.41. The van der Waals surface area contributed by atoms with Crippen molar-refractivity contribution >= 4 is 12.2 Å². The van der Waals surface area contributed by atoms with E-state index in [0.717, 1.165) is 17.1 Å². The second-order valence-electron chi connectivity index (χ2n) is 3.13. The van der Waals surface area contributed by atoms with Gasteiger partial charge in [-0.15, -0.1) is 0 Å². The Kier molecular flexibility index (Phi) is 6.27. The van der Waals surface area contributed by atoms with Crippen molar-refractivity contribution in [3.63, 3.8) is 0 Å². The second-order valence-corrected chi connectivity index (χ2v) is 3.13. The Hall–Kier alpha value is -1.44. The molecule has 1 heterocycles. The molecule has 2 heteroatoms. The van der Waals surface area contributed by atoms with Gasteiger partial charge in [-0.2, -0.15) is 0 Å². The van der Waals surface area contributed by atoms with Crippen molar-refractivity contribution in [1.82, 2.24) is 9.97 Å². The molecule has 0 spiro atoms. The molecule has 0 amide bonds. The molecule has 0 saturated carbocycles. The zero-order valence-electron chi connectivity index (χ0n) is 10.1. The summed E-state index contributed by atoms with van der Waals surface area (Å²) in [7, 11) is 0. The monoisotopic (exact) mass is 204 g/mol. The molecule has 1 aromatic rings. The average molecular weight is 204 g/mol. The molecule has 1 aromatic heterocycles. The molecule has 0 aromatic carbocycles. The van der Waals surface area contributed by atoms with Crippen LogP contribution in [0.15, 0.2) is 19.4 Å². The predicted molar refractivity (Wildman–Crippen MR) is 67.7 cm³/mol. The van der Waals surface area contributed by atoms with E-state index in [4.69, 9.17) is 0 Å². The number of hydrogen-bond donors (Lipinski definition) is 0. The third-order valence-corrected chi connectivity index (χ3v) is 1.83. The molecule has 0 fully saturated rings. The molecule has 0 N–H and O–H groups in total. The highest BCUT2D eigenvalue weighted by Gasteiger charge is 2.04. The lowest BCUT2D eigenvalue weighted by atomic mass is 10.1. The van der Waals surface area contributed by atoms with Gasteiger partial charge in [-0.05, 0) is 18.1 Å². The van der Waals surface area contributed by atoms with Crippen molar-refractivity contribution in [3.8, 4) is 0 Å². The van der Waals surface area contributed by atoms with Crippen LogP contribution in [0, 0.1) is 0 Å². The van der Waals surface area contributed by atoms with Gasteiger partial charge in [0.1, 0.15) is 0 Å². The maximum Gasteiger partial charge on any atom is 0.0884 e. The SMILES string of the molecule is C=Cc1ncc(C(C)C)nc1C=C.CC. The van der Waals surface area contributed by atoms with Gasteiger partial charge in [0.15, 0.2) is 0 Å². The highest BCUT2D eigenvalue weighted by Crippen LogP contribution is 2.13. The quantitative estimate of drug-likeness (QED) is 0.746. The molecule has 0 atom stereocenters. The maximum atomic E-state index is 4.41. The smallest absolute Gasteiger partial charge is 0.0884 e. The van der Waals surface area contributed by atoms with Crippen LogP contribution < -0.4 is 0 Å². The van der Waals surface area contributed by atoms with E-state index in [1.165, 1.54) is 0 Å². The van der Waals surface area contributed by atoms with Gasteiger partial charge < -0.3 is 0 Å². The van der Waals surface area contributed by atoms with Gasteiger partial charge in [0.05, 0.1) is 17.1 Å². The lowest BCUT2D eigenvalue weighted by molar-refractivity contribution is 0.808. The fourth-order valence-electron chi connectivity index (χ4n) is 1.01. The van der Waals surface area contributed by atoms with Crippen molar-refractivity contribution in [2.45, 2.75) is 33.6 Å². The molecule has 0 radical (unpaired) electrons. The summed E-state index contributed by atoms with van der Waals surface area (Å²) < 4.78 is 0. The van der Waals surface area contributed by atoms with Crippen LogP contribution in [0.3, 0.4) is 0 Å². The van der Waals surface area contributed by atoms with Crippen molar-refractivity contribution in [2.24, 2.45) is 0 Å². The molecule has 15 heavy (non-hydrogen) atoms. The molecular weight excluding hydrogens is 184 g/mol. The molecule has 0 aliphatic heterocycles. The summed E-state index contributed by atoms with van der Waals surface area (Å²) in [5, 5.41) is 0. The van der Waals surface area contributed by atoms with E-state index in [1.807, 2.05) is 13.8 Å². The van der Waals surface area contributed by atoms with Crippen molar-refractivity contribution in [1.29, 1.82) is 0 Å². The third kappa shape index (κ3) is 3.66. The zero-order chi connectivity index (χ0) is 11.8. The van der Waals surface area contributed by atoms with Gasteiger partial charge in [0.25, 0.3) is 0 Å². The van der Waals surface area contributed by atoms with Crippen molar-refractivity contribution in [3.05, 3.63) is 36.4 Å². The predicted octanol–water partition coefficient (Wildman–Crippen LogP) is 3.91. The van der Waals surface area contributed by atoms with Gasteiger partial charge in [0.2, 0.25) is 0 Å². The summed E-state index contributed by atoms with van der Waals surface area (Å²) >= 11 is 0. The Morgan fingerprint density at radius 1 is 1.13 bits per heavy atom. The van der Waals surface area contributed by atoms with E-state index < -0.39 is 0 Å². The molecular formula is C13H20N2. The third-order valence-electron chi connectivity index (χ3n) is 1.83. The van der Waals surface area contributed by atoms with Crippen LogP contribution in [-0.2, 0) is 0 Å². The standard InChI is InChI=1S/C11H14N2.C2H6/c1-5-9-10(6-2)13-11(7-12-9)8(3)4;1-2/h5-8H,1-2H2,3-4H3;1-2H3. The molecule has 2 nitrogen and oxygen atoms in total. The van der Waals surface area contributed by atoms with Gasteiger partial charge in [0, 0.05) is 6.20 Å². The molecule has 0 bridgehead atoms. The van der Waals surface area contributed by atoms with Gasteiger partial charge in [-0.25, -0.2) is 4.98 Å². The van der Waals surface area contributed by atoms with Gasteiger partial charge in [-0.1, -0.05) is 40.9 Å². The minimum Gasteiger partial charge on any atom is -0.253 e. The molecule has 0 unspecified atom stereocenters. The topological polar surface area (TPSA) is 25.8 Å².